The van der Waals surface area contributed by atoms with Gasteiger partial charge in [-0.1, -0.05) is 29.3 Å². The van der Waals surface area contributed by atoms with Crippen molar-refractivity contribution >= 4 is 40.7 Å². The number of hydrogen-bond donors (Lipinski definition) is 1. The standard InChI is InChI=1S/C20H20Cl2FN3O2/c1-13(19(27)24-18-6-5-16(22)12-17(18)23)25-7-9-26(10-8-25)20(28)14-3-2-4-15(21)11-14/h2-6,11-13H,7-10H2,1H3,(H,24,27). The number of carbonyl (C=O) groups excluding carboxylic acids is 2. The highest BCUT2D eigenvalue weighted by atomic mass is 35.5. The molecule has 2 aromatic rings. The van der Waals surface area contributed by atoms with E-state index >= 15 is 0 Å². The van der Waals surface area contributed by atoms with Gasteiger partial charge in [0, 0.05) is 41.8 Å². The molecule has 1 unspecified atom stereocenters. The normalized spacial score (nSPS) is 15.9. The van der Waals surface area contributed by atoms with Crippen LogP contribution in [0.2, 0.25) is 10.0 Å². The highest BCUT2D eigenvalue weighted by molar-refractivity contribution is 6.31. The SMILES string of the molecule is CC(C(=O)Nc1ccc(Cl)cc1F)N1CCN(C(=O)c2cccc(Cl)c2)CC1. The first-order valence-electron chi connectivity index (χ1n) is 8.90. The van der Waals surface area contributed by atoms with Gasteiger partial charge in [0.25, 0.3) is 5.91 Å². The second-order valence-corrected chi connectivity index (χ2v) is 7.50. The Kier molecular flexibility index (Phi) is 6.54. The maximum atomic E-state index is 13.9. The summed E-state index contributed by atoms with van der Waals surface area (Å²) in [5, 5.41) is 3.38. The molecular weight excluding hydrogens is 404 g/mol. The molecule has 1 heterocycles. The van der Waals surface area contributed by atoms with E-state index in [1.165, 1.54) is 12.1 Å². The topological polar surface area (TPSA) is 52.7 Å². The van der Waals surface area contributed by atoms with Gasteiger partial charge in [-0.3, -0.25) is 14.5 Å². The van der Waals surface area contributed by atoms with Crippen LogP contribution in [0.4, 0.5) is 10.1 Å². The molecule has 1 saturated heterocycles. The number of rotatable bonds is 4. The minimum Gasteiger partial charge on any atom is -0.336 e. The molecule has 0 aromatic heterocycles. The van der Waals surface area contributed by atoms with Crippen molar-refractivity contribution in [2.75, 3.05) is 31.5 Å². The fraction of sp³-hybridized carbons (Fsp3) is 0.300. The predicted molar refractivity (Wildman–Crippen MR) is 108 cm³/mol. The molecule has 0 aliphatic carbocycles. The van der Waals surface area contributed by atoms with Gasteiger partial charge in [-0.15, -0.1) is 0 Å². The van der Waals surface area contributed by atoms with E-state index < -0.39 is 11.9 Å². The van der Waals surface area contributed by atoms with Gasteiger partial charge < -0.3 is 10.2 Å². The fourth-order valence-corrected chi connectivity index (χ4v) is 3.46. The molecule has 8 heteroatoms. The van der Waals surface area contributed by atoms with Crippen LogP contribution in [0.1, 0.15) is 17.3 Å². The van der Waals surface area contributed by atoms with Crippen molar-refractivity contribution < 1.29 is 14.0 Å². The number of amides is 2. The zero-order chi connectivity index (χ0) is 20.3. The van der Waals surface area contributed by atoms with Crippen LogP contribution in [0.5, 0.6) is 0 Å². The number of anilines is 1. The lowest BCUT2D eigenvalue weighted by atomic mass is 10.1. The van der Waals surface area contributed by atoms with Gasteiger partial charge in [-0.25, -0.2) is 4.39 Å². The van der Waals surface area contributed by atoms with Crippen molar-refractivity contribution in [2.24, 2.45) is 0 Å². The molecule has 2 aromatic carbocycles. The van der Waals surface area contributed by atoms with Gasteiger partial charge in [0.2, 0.25) is 5.91 Å². The molecular formula is C20H20Cl2FN3O2. The lowest BCUT2D eigenvalue weighted by Crippen LogP contribution is -2.54. The van der Waals surface area contributed by atoms with Gasteiger partial charge in [0.05, 0.1) is 11.7 Å². The highest BCUT2D eigenvalue weighted by Crippen LogP contribution is 2.20. The van der Waals surface area contributed by atoms with E-state index in [0.29, 0.717) is 36.8 Å². The molecule has 28 heavy (non-hydrogen) atoms. The van der Waals surface area contributed by atoms with Crippen molar-refractivity contribution in [3.63, 3.8) is 0 Å². The second-order valence-electron chi connectivity index (χ2n) is 6.63. The van der Waals surface area contributed by atoms with Crippen molar-refractivity contribution in [1.82, 2.24) is 9.80 Å². The van der Waals surface area contributed by atoms with E-state index in [9.17, 15) is 14.0 Å². The smallest absolute Gasteiger partial charge is 0.253 e. The Bertz CT molecular complexity index is 886. The largest absolute Gasteiger partial charge is 0.336 e. The third-order valence-electron chi connectivity index (χ3n) is 4.79. The van der Waals surface area contributed by atoms with Crippen LogP contribution in [0.25, 0.3) is 0 Å². The highest BCUT2D eigenvalue weighted by Gasteiger charge is 2.28. The van der Waals surface area contributed by atoms with E-state index in [2.05, 4.69) is 5.32 Å². The van der Waals surface area contributed by atoms with E-state index in [-0.39, 0.29) is 22.5 Å². The summed E-state index contributed by atoms with van der Waals surface area (Å²) in [6.45, 7) is 3.85. The quantitative estimate of drug-likeness (QED) is 0.810. The molecule has 1 aliphatic heterocycles. The van der Waals surface area contributed by atoms with Gasteiger partial charge in [0.1, 0.15) is 5.82 Å². The maximum Gasteiger partial charge on any atom is 0.253 e. The summed E-state index contributed by atoms with van der Waals surface area (Å²) in [6, 6.07) is 10.5. The Balaban J connectivity index is 1.56. The van der Waals surface area contributed by atoms with Crippen LogP contribution < -0.4 is 5.32 Å². The molecule has 1 atom stereocenters. The molecule has 0 saturated carbocycles. The van der Waals surface area contributed by atoms with Crippen molar-refractivity contribution in [1.29, 1.82) is 0 Å². The van der Waals surface area contributed by atoms with Gasteiger partial charge in [-0.05, 0) is 43.3 Å². The molecule has 0 radical (unpaired) electrons. The van der Waals surface area contributed by atoms with Gasteiger partial charge >= 0.3 is 0 Å². The minimum atomic E-state index is -0.579. The number of nitrogens with one attached hydrogen (secondary N) is 1. The minimum absolute atomic E-state index is 0.0810. The van der Waals surface area contributed by atoms with E-state index in [4.69, 9.17) is 23.2 Å². The van der Waals surface area contributed by atoms with Crippen LogP contribution in [-0.4, -0.2) is 53.8 Å². The fourth-order valence-electron chi connectivity index (χ4n) is 3.11. The Morgan fingerprint density at radius 2 is 1.71 bits per heavy atom. The van der Waals surface area contributed by atoms with Crippen molar-refractivity contribution in [2.45, 2.75) is 13.0 Å². The third kappa shape index (κ3) is 4.82. The maximum absolute atomic E-state index is 13.9. The van der Waals surface area contributed by atoms with Gasteiger partial charge in [0.15, 0.2) is 0 Å². The monoisotopic (exact) mass is 423 g/mol. The predicted octanol–water partition coefficient (Wildman–Crippen LogP) is 3.92. The molecule has 0 spiro atoms. The molecule has 1 fully saturated rings. The summed E-state index contributed by atoms with van der Waals surface area (Å²) < 4.78 is 13.9. The molecule has 1 N–H and O–H groups in total. The first-order chi connectivity index (χ1) is 13.3. The summed E-state index contributed by atoms with van der Waals surface area (Å²) >= 11 is 11.7. The molecule has 148 valence electrons. The van der Waals surface area contributed by atoms with Gasteiger partial charge in [-0.2, -0.15) is 0 Å². The van der Waals surface area contributed by atoms with E-state index in [1.54, 1.807) is 36.1 Å². The Morgan fingerprint density at radius 3 is 2.36 bits per heavy atom. The number of carbonyl (C=O) groups is 2. The summed E-state index contributed by atoms with van der Waals surface area (Å²) in [7, 11) is 0. The Hall–Kier alpha value is -2.15. The van der Waals surface area contributed by atoms with Crippen molar-refractivity contribution in [3.05, 3.63) is 63.9 Å². The summed E-state index contributed by atoms with van der Waals surface area (Å²) in [4.78, 5) is 28.8. The second kappa shape index (κ2) is 8.90. The average molecular weight is 424 g/mol. The van der Waals surface area contributed by atoms with Crippen LogP contribution in [0.3, 0.4) is 0 Å². The molecule has 2 amide bonds. The molecule has 3 rings (SSSR count). The van der Waals surface area contributed by atoms with Crippen LogP contribution in [-0.2, 0) is 4.79 Å². The van der Waals surface area contributed by atoms with Crippen LogP contribution in [0, 0.1) is 5.82 Å². The van der Waals surface area contributed by atoms with Crippen molar-refractivity contribution in [3.8, 4) is 0 Å². The zero-order valence-electron chi connectivity index (χ0n) is 15.3. The third-order valence-corrected chi connectivity index (χ3v) is 5.26. The zero-order valence-corrected chi connectivity index (χ0v) is 16.8. The Morgan fingerprint density at radius 1 is 1.04 bits per heavy atom. The first-order valence-corrected chi connectivity index (χ1v) is 9.65. The van der Waals surface area contributed by atoms with E-state index in [1.807, 2.05) is 4.90 Å². The number of nitrogens with zero attached hydrogens (tertiary/aromatic N) is 2. The first kappa shape index (κ1) is 20.6. The number of halogens is 3. The Labute approximate surface area is 173 Å². The lowest BCUT2D eigenvalue weighted by molar-refractivity contribution is -0.121. The number of piperazine rings is 1. The average Bonchev–Trinajstić information content (AvgIpc) is 2.69. The lowest BCUT2D eigenvalue weighted by Gasteiger charge is -2.37. The van der Waals surface area contributed by atoms with Crippen LogP contribution in [0.15, 0.2) is 42.5 Å². The molecule has 0 bridgehead atoms. The number of benzene rings is 2. The number of hydrogen-bond acceptors (Lipinski definition) is 3. The summed E-state index contributed by atoms with van der Waals surface area (Å²) in [5.74, 6) is -0.969. The van der Waals surface area contributed by atoms with Crippen LogP contribution >= 0.6 is 23.2 Å². The molecule has 5 nitrogen and oxygen atoms in total. The summed E-state index contributed by atoms with van der Waals surface area (Å²) in [6.07, 6.45) is 0. The summed E-state index contributed by atoms with van der Waals surface area (Å²) in [5.41, 5.74) is 0.640. The molecule has 1 aliphatic rings. The van der Waals surface area contributed by atoms with E-state index in [0.717, 1.165) is 6.07 Å².